The first-order chi connectivity index (χ1) is 61.5. The molecule has 2 aliphatic rings. The van der Waals surface area contributed by atoms with Crippen LogP contribution in [-0.2, 0) is 114 Å². The number of carbonyl (C=O) groups excluding carboxylic acids is 16. The summed E-state index contributed by atoms with van der Waals surface area (Å²) in [6.07, 6.45) is 1.25. The SMILES string of the molecule is CC(=O)N[C@@H](CC(C)C)C(=O)N[C@H](C(=O)N[C@@H](Cc1ccccc1)C(=O)N[C@]1(C)CCCCCCn2nnc(c2C)CCCC[C@@](C)(C(=O)NC(CO)C(=O)N[C@@H](C)C(=O)NC(C)C(N)=O)NC(=O)[C@H](CC2CCC2)CN[C@@H](CCC(N)=O)C(=O)C(=O)C(C)NC(=O)[C@H](Cc2c[nH]c3ccccc23)NC(=O)C(Cc2ccc(O)cc2)NC(=O)[C@H](CCC(=O)O)NC1=O)[C@@H](C)O. The molecular weight excluding hydrogens is 1680 g/mol. The number of nitrogens with zero attached hydrogens (tertiary/aromatic N) is 3. The molecule has 4 unspecified atom stereocenters. The third-order valence-electron chi connectivity index (χ3n) is 23.6. The van der Waals surface area contributed by atoms with Crippen molar-refractivity contribution in [2.24, 2.45) is 29.2 Å². The highest BCUT2D eigenvalue weighted by Gasteiger charge is 2.44. The Bertz CT molecular complexity index is 4800. The van der Waals surface area contributed by atoms with Crippen molar-refractivity contribution < 1.29 is 102 Å². The number of carboxylic acids is 1. The Balaban J connectivity index is 1.30. The topological polar surface area (TPSA) is 626 Å². The molecule has 3 aromatic carbocycles. The Morgan fingerprint density at radius 1 is 0.615 bits per heavy atom. The highest BCUT2D eigenvalue weighted by molar-refractivity contribution is 6.41. The highest BCUT2D eigenvalue weighted by atomic mass is 16.4. The van der Waals surface area contributed by atoms with Crippen LogP contribution in [0.4, 0.5) is 0 Å². The molecule has 0 radical (unpaired) electrons. The van der Waals surface area contributed by atoms with Gasteiger partial charge in [0.2, 0.25) is 94.3 Å². The largest absolute Gasteiger partial charge is 0.508 e. The Kier molecular flexibility index (Phi) is 40.0. The summed E-state index contributed by atoms with van der Waals surface area (Å²) in [6, 6.07) is 3.58. The molecule has 1 fully saturated rings. The van der Waals surface area contributed by atoms with Crippen molar-refractivity contribution in [2.45, 2.75) is 294 Å². The molecule has 1 saturated carbocycles. The van der Waals surface area contributed by atoms with Gasteiger partial charge in [-0.15, -0.1) is 5.10 Å². The van der Waals surface area contributed by atoms with E-state index in [9.17, 15) is 73.2 Å². The summed E-state index contributed by atoms with van der Waals surface area (Å²) in [4.78, 5) is 244. The fraction of sp³-hybridized carbons (Fsp3) is 0.567. The third-order valence-corrected chi connectivity index (χ3v) is 23.6. The smallest absolute Gasteiger partial charge is 0.303 e. The quantitative estimate of drug-likeness (QED) is 0.0248. The molecule has 40 nitrogen and oxygen atoms in total. The predicted octanol–water partition coefficient (Wildman–Crippen LogP) is -0.207. The maximum absolute atomic E-state index is 15.6. The van der Waals surface area contributed by atoms with Crippen LogP contribution in [0.5, 0.6) is 5.75 Å². The van der Waals surface area contributed by atoms with Crippen LogP contribution in [0.25, 0.3) is 10.9 Å². The van der Waals surface area contributed by atoms with E-state index in [1.54, 1.807) is 86.2 Å². The fourth-order valence-electron chi connectivity index (χ4n) is 15.4. The van der Waals surface area contributed by atoms with E-state index in [4.69, 9.17) is 11.5 Å². The van der Waals surface area contributed by atoms with E-state index in [2.05, 4.69) is 84.4 Å². The van der Waals surface area contributed by atoms with E-state index in [-0.39, 0.29) is 75.5 Å². The number of H-pyrrole nitrogens is 1. The third kappa shape index (κ3) is 32.0. The number of aromatic nitrogens is 4. The van der Waals surface area contributed by atoms with Gasteiger partial charge in [0, 0.05) is 69.2 Å². The molecule has 2 bridgehead atoms. The number of carboxylic acid groups (broad SMARTS) is 1. The zero-order valence-corrected chi connectivity index (χ0v) is 75.4. The molecule has 40 heteroatoms. The number of benzene rings is 3. The lowest BCUT2D eigenvalue weighted by Crippen LogP contribution is -2.65. The molecule has 22 N–H and O–H groups in total. The molecule has 15 atom stereocenters. The molecule has 14 amide bonds. The number of aliphatic hydroxyl groups excluding tert-OH is 2. The number of rotatable bonds is 32. The lowest BCUT2D eigenvalue weighted by Gasteiger charge is -2.35. The first kappa shape index (κ1) is 104. The highest BCUT2D eigenvalue weighted by Crippen LogP contribution is 2.33. The fourth-order valence-corrected chi connectivity index (χ4v) is 15.4. The van der Waals surface area contributed by atoms with E-state index in [0.29, 0.717) is 90.5 Å². The predicted molar refractivity (Wildman–Crippen MR) is 474 cm³/mol. The number of amides is 14. The number of phenols is 1. The minimum atomic E-state index is -2.08. The summed E-state index contributed by atoms with van der Waals surface area (Å²) in [6.45, 7) is 13.4. The number of aliphatic carboxylic acids is 1. The average Bonchev–Trinajstić information content (AvgIpc) is 1.77. The van der Waals surface area contributed by atoms with Gasteiger partial charge in [0.25, 0.3) is 0 Å². The van der Waals surface area contributed by atoms with Gasteiger partial charge in [-0.3, -0.25) is 81.5 Å². The number of nitrogens with one attached hydrogen (secondary N) is 14. The number of fused-ring (bicyclic) bond motifs is 3. The van der Waals surface area contributed by atoms with Crippen molar-refractivity contribution in [1.29, 1.82) is 0 Å². The van der Waals surface area contributed by atoms with Crippen molar-refractivity contribution in [3.05, 3.63) is 113 Å². The lowest BCUT2D eigenvalue weighted by molar-refractivity contribution is -0.140. The van der Waals surface area contributed by atoms with Crippen LogP contribution in [0.1, 0.15) is 200 Å². The molecule has 7 rings (SSSR count). The second-order valence-corrected chi connectivity index (χ2v) is 35.0. The van der Waals surface area contributed by atoms with Gasteiger partial charge < -0.3 is 106 Å². The molecule has 1 aliphatic heterocycles. The minimum absolute atomic E-state index is 0.0290. The van der Waals surface area contributed by atoms with Crippen LogP contribution in [0.15, 0.2) is 85.1 Å². The van der Waals surface area contributed by atoms with Crippen molar-refractivity contribution in [3.8, 4) is 5.75 Å². The van der Waals surface area contributed by atoms with Gasteiger partial charge in [-0.05, 0) is 153 Å². The number of Topliss-reactive ketones (excluding diaryl/α,β-unsaturated/α-hetero) is 2. The van der Waals surface area contributed by atoms with E-state index in [0.717, 1.165) is 6.42 Å². The molecule has 5 aromatic rings. The van der Waals surface area contributed by atoms with Crippen molar-refractivity contribution in [3.63, 3.8) is 0 Å². The van der Waals surface area contributed by atoms with Crippen molar-refractivity contribution >= 4 is 111 Å². The number of primary amides is 2. The first-order valence-electron chi connectivity index (χ1n) is 44.3. The lowest BCUT2D eigenvalue weighted by atomic mass is 9.78. The normalized spacial score (nSPS) is 22.4. The van der Waals surface area contributed by atoms with E-state index >= 15 is 28.8 Å². The standard InChI is InChI=1S/C90H129N19O21/c1-49(2)41-67(98-55(8)112)83(125)104-74(54(7)111)86(128)101-69(43-57-23-14-13-15-24-57)85(127)106-90(10)38-19-11-12-21-40-109-53(6)63(107-108-109)28-18-20-39-89(9,88(130)103-71(48-110)84(126)97-52(5)78(120)96-51(4)77(92)119)105-79(121)60(42-56-25-22-26-56)47-94-65(34-36-72(91)114)76(118)75(117)50(3)95-81(123)70(45-59-46-93-64-29-17-16-27-62(59)64)100-82(124)68(44-58-30-32-61(113)33-31-58)99-80(122)66(102-87(90)129)35-37-73(115)116/h13-17,23-24,27,29-33,46,49-52,54,56,60,65-71,74,93-94,110-111,113H,11-12,18-22,25-26,28,34-45,47-48H2,1-10H3,(H2,91,114)(H2,92,119)(H,95,123)(H,96,120)(H,97,126)(H,98,112)(H,99,122)(H,100,124)(H,101,128)(H,102,129)(H,103,130)(H,104,125)(H,105,121)(H,106,127)(H,115,116)/t50?,51?,52-,54+,60+,65-,66-,67-,68?,69-,70-,71?,74-,89-,90+/m0/s1. The van der Waals surface area contributed by atoms with Crippen molar-refractivity contribution in [2.75, 3.05) is 13.2 Å². The first-order valence-corrected chi connectivity index (χ1v) is 44.3. The molecule has 130 heavy (non-hydrogen) atoms. The number of ketones is 2. The second-order valence-electron chi connectivity index (χ2n) is 35.0. The number of aryl methyl sites for hydroxylation is 2. The molecular formula is C90H129N19O21. The Morgan fingerprint density at radius 2 is 1.24 bits per heavy atom. The number of aliphatic hydroxyl groups is 2. The molecule has 0 saturated heterocycles. The van der Waals surface area contributed by atoms with Gasteiger partial charge in [0.05, 0.1) is 42.1 Å². The minimum Gasteiger partial charge on any atom is -0.508 e. The summed E-state index contributed by atoms with van der Waals surface area (Å²) >= 11 is 0. The number of aromatic hydroxyl groups is 1. The van der Waals surface area contributed by atoms with Gasteiger partial charge in [0.15, 0.2) is 0 Å². The number of hydrogen-bond donors (Lipinski definition) is 20. The monoisotopic (exact) mass is 1810 g/mol. The molecule has 1 aliphatic carbocycles. The Hall–Kier alpha value is -12.6. The number of phenolic OH excluding ortho intramolecular Hbond substituents is 1. The van der Waals surface area contributed by atoms with Crippen molar-refractivity contribution in [1.82, 2.24) is 89.1 Å². The zero-order valence-electron chi connectivity index (χ0n) is 75.4. The van der Waals surface area contributed by atoms with Crippen LogP contribution in [0.3, 0.4) is 0 Å². The molecule has 2 aromatic heterocycles. The van der Waals surface area contributed by atoms with Gasteiger partial charge in [0.1, 0.15) is 71.2 Å². The van der Waals surface area contributed by atoms with Gasteiger partial charge >= 0.3 is 5.97 Å². The number of para-hydroxylation sites is 1. The maximum atomic E-state index is 15.6. The van der Waals surface area contributed by atoms with Crippen LogP contribution < -0.4 is 80.6 Å². The number of carbonyl (C=O) groups is 17. The summed E-state index contributed by atoms with van der Waals surface area (Å²) < 4.78 is 1.68. The summed E-state index contributed by atoms with van der Waals surface area (Å²) in [7, 11) is 0. The van der Waals surface area contributed by atoms with Gasteiger partial charge in [-0.1, -0.05) is 125 Å². The summed E-state index contributed by atoms with van der Waals surface area (Å²) in [5.41, 5.74) is 10.1. The van der Waals surface area contributed by atoms with Crippen LogP contribution in [0.2, 0.25) is 0 Å². The number of aromatic amines is 1. The Labute approximate surface area is 754 Å². The van der Waals surface area contributed by atoms with Crippen LogP contribution >= 0.6 is 0 Å². The Morgan fingerprint density at radius 3 is 1.87 bits per heavy atom. The van der Waals surface area contributed by atoms with E-state index in [1.165, 1.54) is 72.7 Å². The average molecular weight is 1810 g/mol. The van der Waals surface area contributed by atoms with Crippen LogP contribution in [-0.4, -0.2) is 237 Å². The second kappa shape index (κ2) is 49.8. The summed E-state index contributed by atoms with van der Waals surface area (Å²) in [5, 5.41) is 86.2. The molecule has 710 valence electrons. The zero-order chi connectivity index (χ0) is 95.9. The van der Waals surface area contributed by atoms with Gasteiger partial charge in [-0.25, -0.2) is 4.68 Å². The van der Waals surface area contributed by atoms with E-state index in [1.807, 2.05) is 0 Å². The van der Waals surface area contributed by atoms with Crippen LogP contribution in [0, 0.1) is 24.7 Å². The number of hydrogen-bond acceptors (Lipinski definition) is 23. The van der Waals surface area contributed by atoms with E-state index < -0.39 is 229 Å². The molecule has 3 heterocycles. The number of nitrogens with two attached hydrogens (primary N) is 2. The van der Waals surface area contributed by atoms with Gasteiger partial charge in [-0.2, -0.15) is 0 Å². The molecule has 0 spiro atoms. The maximum Gasteiger partial charge on any atom is 0.303 e. The summed E-state index contributed by atoms with van der Waals surface area (Å²) in [5.74, 6) is -18.2.